The Morgan fingerprint density at radius 3 is 2.20 bits per heavy atom. The fourth-order valence-electron chi connectivity index (χ4n) is 2.03. The van der Waals surface area contributed by atoms with Crippen LogP contribution in [0.5, 0.6) is 11.5 Å². The number of carbonyl (C=O) groups excluding carboxylic acids is 2. The van der Waals surface area contributed by atoms with E-state index in [1.807, 2.05) is 0 Å². The van der Waals surface area contributed by atoms with Crippen molar-refractivity contribution in [2.75, 3.05) is 20.8 Å². The summed E-state index contributed by atoms with van der Waals surface area (Å²) in [5, 5.41) is 11.0. The molecule has 0 aliphatic carbocycles. The molecule has 2 aromatic rings. The number of nitro groups is 1. The first-order chi connectivity index (χ1) is 12.0. The van der Waals surface area contributed by atoms with Gasteiger partial charge in [-0.25, -0.2) is 4.79 Å². The molecular formula is C17H15NO7. The van der Waals surface area contributed by atoms with Crippen molar-refractivity contribution >= 4 is 17.4 Å². The number of Topliss-reactive ketones (excluding diaryl/α,β-unsaturated/α-hetero) is 1. The van der Waals surface area contributed by atoms with Crippen LogP contribution in [0, 0.1) is 10.1 Å². The number of nitro benzene ring substituents is 1. The molecule has 0 fully saturated rings. The predicted octanol–water partition coefficient (Wildman–Crippen LogP) is 2.65. The Morgan fingerprint density at radius 1 is 1.00 bits per heavy atom. The van der Waals surface area contributed by atoms with Crippen LogP contribution in [0.25, 0.3) is 0 Å². The van der Waals surface area contributed by atoms with Gasteiger partial charge in [0.05, 0.1) is 24.7 Å². The van der Waals surface area contributed by atoms with Crippen molar-refractivity contribution < 1.29 is 28.7 Å². The van der Waals surface area contributed by atoms with Crippen molar-refractivity contribution in [3.05, 3.63) is 63.7 Å². The number of hydrogen-bond acceptors (Lipinski definition) is 7. The second-order valence-corrected chi connectivity index (χ2v) is 4.87. The number of carbonyl (C=O) groups is 2. The number of nitrogens with zero attached hydrogens (tertiary/aromatic N) is 1. The maximum absolute atomic E-state index is 12.0. The van der Waals surface area contributed by atoms with Crippen molar-refractivity contribution in [2.24, 2.45) is 0 Å². The van der Waals surface area contributed by atoms with Gasteiger partial charge in [-0.05, 0) is 36.4 Å². The van der Waals surface area contributed by atoms with E-state index in [1.165, 1.54) is 26.4 Å². The molecule has 0 saturated carbocycles. The third-order valence-corrected chi connectivity index (χ3v) is 3.36. The van der Waals surface area contributed by atoms with E-state index in [-0.39, 0.29) is 17.0 Å². The second-order valence-electron chi connectivity index (χ2n) is 4.87. The highest BCUT2D eigenvalue weighted by Gasteiger charge is 2.19. The van der Waals surface area contributed by atoms with Gasteiger partial charge in [0, 0.05) is 11.6 Å². The zero-order valence-electron chi connectivity index (χ0n) is 13.6. The molecular weight excluding hydrogens is 330 g/mol. The number of methoxy groups -OCH3 is 2. The van der Waals surface area contributed by atoms with Crippen LogP contribution in [-0.2, 0) is 4.74 Å². The van der Waals surface area contributed by atoms with Crippen LogP contribution in [0.1, 0.15) is 20.7 Å². The lowest BCUT2D eigenvalue weighted by Crippen LogP contribution is -2.14. The molecule has 0 aromatic heterocycles. The summed E-state index contributed by atoms with van der Waals surface area (Å²) in [5.41, 5.74) is -0.0530. The number of benzene rings is 2. The number of hydrogen-bond donors (Lipinski definition) is 0. The Balaban J connectivity index is 2.05. The summed E-state index contributed by atoms with van der Waals surface area (Å²) >= 11 is 0. The monoisotopic (exact) mass is 345 g/mol. The van der Waals surface area contributed by atoms with E-state index >= 15 is 0 Å². The van der Waals surface area contributed by atoms with E-state index in [9.17, 15) is 19.7 Å². The predicted molar refractivity (Wildman–Crippen MR) is 87.3 cm³/mol. The third-order valence-electron chi connectivity index (χ3n) is 3.36. The first kappa shape index (κ1) is 17.9. The number of ketones is 1. The SMILES string of the molecule is COc1ccc(C(=O)COC(=O)c2ccc(OC)c([N+](=O)[O-])c2)cc1. The largest absolute Gasteiger partial charge is 0.497 e. The molecule has 2 aromatic carbocycles. The van der Waals surface area contributed by atoms with Crippen molar-refractivity contribution in [1.82, 2.24) is 0 Å². The quantitative estimate of drug-likeness (QED) is 0.329. The summed E-state index contributed by atoms with van der Waals surface area (Å²) in [6, 6.07) is 9.98. The van der Waals surface area contributed by atoms with Gasteiger partial charge in [0.15, 0.2) is 18.1 Å². The van der Waals surface area contributed by atoms with Crippen LogP contribution in [0.3, 0.4) is 0 Å². The number of rotatable bonds is 7. The van der Waals surface area contributed by atoms with Crippen LogP contribution in [0.2, 0.25) is 0 Å². The maximum Gasteiger partial charge on any atom is 0.338 e. The Hall–Kier alpha value is -3.42. The molecule has 130 valence electrons. The first-order valence-corrected chi connectivity index (χ1v) is 7.13. The number of ether oxygens (including phenoxy) is 3. The fraction of sp³-hybridized carbons (Fsp3) is 0.176. The molecule has 0 spiro atoms. The normalized spacial score (nSPS) is 10.0. The smallest absolute Gasteiger partial charge is 0.338 e. The van der Waals surface area contributed by atoms with Crippen molar-refractivity contribution in [2.45, 2.75) is 0 Å². The van der Waals surface area contributed by atoms with Crippen molar-refractivity contribution in [1.29, 1.82) is 0 Å². The highest BCUT2D eigenvalue weighted by molar-refractivity contribution is 5.99. The molecule has 0 bridgehead atoms. The van der Waals surface area contributed by atoms with Crippen molar-refractivity contribution in [3.63, 3.8) is 0 Å². The van der Waals surface area contributed by atoms with Gasteiger partial charge in [0.25, 0.3) is 0 Å². The minimum atomic E-state index is -0.840. The molecule has 0 aliphatic heterocycles. The van der Waals surface area contributed by atoms with E-state index in [1.54, 1.807) is 24.3 Å². The molecule has 0 aliphatic rings. The van der Waals surface area contributed by atoms with Gasteiger partial charge in [-0.3, -0.25) is 14.9 Å². The lowest BCUT2D eigenvalue weighted by molar-refractivity contribution is -0.385. The van der Waals surface area contributed by atoms with Gasteiger partial charge in [-0.1, -0.05) is 0 Å². The fourth-order valence-corrected chi connectivity index (χ4v) is 2.03. The lowest BCUT2D eigenvalue weighted by atomic mass is 10.1. The van der Waals surface area contributed by atoms with Gasteiger partial charge in [-0.2, -0.15) is 0 Å². The van der Waals surface area contributed by atoms with Gasteiger partial charge in [0.1, 0.15) is 5.75 Å². The van der Waals surface area contributed by atoms with E-state index in [0.717, 1.165) is 6.07 Å². The molecule has 0 atom stereocenters. The topological polar surface area (TPSA) is 105 Å². The summed E-state index contributed by atoms with van der Waals surface area (Å²) in [6.07, 6.45) is 0. The zero-order chi connectivity index (χ0) is 18.4. The van der Waals surface area contributed by atoms with E-state index < -0.39 is 23.3 Å². The molecule has 8 nitrogen and oxygen atoms in total. The molecule has 0 unspecified atom stereocenters. The summed E-state index contributed by atoms with van der Waals surface area (Å²) in [4.78, 5) is 34.3. The standard InChI is InChI=1S/C17H15NO7/c1-23-13-6-3-11(4-7-13)15(19)10-25-17(20)12-5-8-16(24-2)14(9-12)18(21)22/h3-9H,10H2,1-2H3. The van der Waals surface area contributed by atoms with Crippen LogP contribution in [0.15, 0.2) is 42.5 Å². The number of esters is 1. The third kappa shape index (κ3) is 4.31. The summed E-state index contributed by atoms with van der Waals surface area (Å²) in [7, 11) is 2.79. The minimum Gasteiger partial charge on any atom is -0.497 e. The van der Waals surface area contributed by atoms with Gasteiger partial charge >= 0.3 is 11.7 Å². The van der Waals surface area contributed by atoms with E-state index in [2.05, 4.69) is 0 Å². The Bertz CT molecular complexity index is 799. The van der Waals surface area contributed by atoms with Crippen LogP contribution in [-0.4, -0.2) is 37.5 Å². The average Bonchev–Trinajstić information content (AvgIpc) is 2.65. The molecule has 0 N–H and O–H groups in total. The molecule has 0 heterocycles. The van der Waals surface area contributed by atoms with Gasteiger partial charge < -0.3 is 14.2 Å². The summed E-state index contributed by atoms with van der Waals surface area (Å²) < 4.78 is 14.8. The maximum atomic E-state index is 12.0. The average molecular weight is 345 g/mol. The molecule has 8 heteroatoms. The Morgan fingerprint density at radius 2 is 1.64 bits per heavy atom. The van der Waals surface area contributed by atoms with Crippen LogP contribution >= 0.6 is 0 Å². The molecule has 0 amide bonds. The van der Waals surface area contributed by atoms with Crippen LogP contribution < -0.4 is 9.47 Å². The molecule has 0 saturated heterocycles. The Labute approximate surface area is 143 Å². The lowest BCUT2D eigenvalue weighted by Gasteiger charge is -2.06. The highest BCUT2D eigenvalue weighted by Crippen LogP contribution is 2.27. The Kier molecular flexibility index (Phi) is 5.67. The van der Waals surface area contributed by atoms with E-state index in [0.29, 0.717) is 11.3 Å². The summed E-state index contributed by atoms with van der Waals surface area (Å²) in [5.74, 6) is -0.624. The van der Waals surface area contributed by atoms with Gasteiger partial charge in [-0.15, -0.1) is 0 Å². The molecule has 25 heavy (non-hydrogen) atoms. The van der Waals surface area contributed by atoms with E-state index in [4.69, 9.17) is 14.2 Å². The first-order valence-electron chi connectivity index (χ1n) is 7.13. The van der Waals surface area contributed by atoms with Crippen molar-refractivity contribution in [3.8, 4) is 11.5 Å². The molecule has 0 radical (unpaired) electrons. The van der Waals surface area contributed by atoms with Crippen LogP contribution in [0.4, 0.5) is 5.69 Å². The highest BCUT2D eigenvalue weighted by atomic mass is 16.6. The minimum absolute atomic E-state index is 0.0239. The van der Waals surface area contributed by atoms with Gasteiger partial charge in [0.2, 0.25) is 0 Å². The molecule has 2 rings (SSSR count). The summed E-state index contributed by atoms with van der Waals surface area (Å²) in [6.45, 7) is -0.481. The zero-order valence-corrected chi connectivity index (χ0v) is 13.6. The second kappa shape index (κ2) is 7.91.